The van der Waals surface area contributed by atoms with Gasteiger partial charge in [0.25, 0.3) is 0 Å². The van der Waals surface area contributed by atoms with Crippen LogP contribution in [0.3, 0.4) is 0 Å². The van der Waals surface area contributed by atoms with E-state index in [1.807, 2.05) is 0 Å². The van der Waals surface area contributed by atoms with Crippen molar-refractivity contribution in [3.63, 3.8) is 0 Å². The molecule has 0 N–H and O–H groups in total. The summed E-state index contributed by atoms with van der Waals surface area (Å²) >= 11 is 0.328. The number of carbonyl (C=O) groups is 1. The first kappa shape index (κ1) is 15.3. The van der Waals surface area contributed by atoms with Gasteiger partial charge in [-0.2, -0.15) is 17.6 Å². The number of hydrogen-bond acceptors (Lipinski definition) is 3. The summed E-state index contributed by atoms with van der Waals surface area (Å²) in [6.45, 7) is 4.59. The van der Waals surface area contributed by atoms with Gasteiger partial charge in [0.05, 0.1) is 7.11 Å². The molecule has 0 aliphatic heterocycles. The zero-order valence-corrected chi connectivity index (χ0v) is 10.1. The van der Waals surface area contributed by atoms with Gasteiger partial charge in [0.1, 0.15) is 0 Å². The van der Waals surface area contributed by atoms with E-state index in [2.05, 4.69) is 4.74 Å². The van der Waals surface area contributed by atoms with Crippen LogP contribution < -0.4 is 0 Å². The van der Waals surface area contributed by atoms with Crippen molar-refractivity contribution in [1.29, 1.82) is 0 Å². The lowest BCUT2D eigenvalue weighted by Gasteiger charge is -2.18. The predicted octanol–water partition coefficient (Wildman–Crippen LogP) is 3.43. The molecule has 0 unspecified atom stereocenters. The Morgan fingerprint density at radius 2 is 1.62 bits per heavy atom. The van der Waals surface area contributed by atoms with Crippen molar-refractivity contribution in [2.75, 3.05) is 7.11 Å². The summed E-state index contributed by atoms with van der Waals surface area (Å²) < 4.78 is 53.6. The van der Waals surface area contributed by atoms with E-state index < -0.39 is 27.6 Å². The van der Waals surface area contributed by atoms with E-state index in [1.165, 1.54) is 20.8 Å². The lowest BCUT2D eigenvalue weighted by Crippen LogP contribution is -2.23. The molecule has 16 heavy (non-hydrogen) atoms. The van der Waals surface area contributed by atoms with Crippen LogP contribution in [-0.2, 0) is 9.53 Å². The number of halogens is 4. The fourth-order valence-electron chi connectivity index (χ4n) is 0.729. The van der Waals surface area contributed by atoms with E-state index in [0.29, 0.717) is 11.8 Å². The summed E-state index contributed by atoms with van der Waals surface area (Å²) in [5.41, 5.74) is -1.89. The highest BCUT2D eigenvalue weighted by Gasteiger charge is 2.43. The second-order valence-corrected chi connectivity index (χ2v) is 5.64. The van der Waals surface area contributed by atoms with Crippen LogP contribution in [0.4, 0.5) is 17.6 Å². The molecule has 0 aliphatic rings. The van der Waals surface area contributed by atoms with Gasteiger partial charge in [-0.15, -0.1) is 0 Å². The number of ether oxygens (including phenoxy) is 1. The molecule has 0 spiro atoms. The number of alkyl halides is 3. The highest BCUT2D eigenvalue weighted by molar-refractivity contribution is 8.04. The summed E-state index contributed by atoms with van der Waals surface area (Å²) in [5.74, 6) is -1.72. The van der Waals surface area contributed by atoms with E-state index in [0.717, 1.165) is 7.11 Å². The van der Waals surface area contributed by atoms with Crippen molar-refractivity contribution in [3.8, 4) is 0 Å². The first-order chi connectivity index (χ1) is 6.99. The van der Waals surface area contributed by atoms with Crippen molar-refractivity contribution in [1.82, 2.24) is 0 Å². The molecule has 0 aromatic heterocycles. The van der Waals surface area contributed by atoms with Crippen LogP contribution >= 0.6 is 11.8 Å². The molecular weight excluding hydrogens is 248 g/mol. The molecule has 0 bridgehead atoms. The zero-order valence-electron chi connectivity index (χ0n) is 9.24. The molecule has 2 nitrogen and oxygen atoms in total. The molecule has 0 saturated carbocycles. The predicted molar refractivity (Wildman–Crippen MR) is 53.5 cm³/mol. The molecule has 94 valence electrons. The van der Waals surface area contributed by atoms with E-state index in [9.17, 15) is 22.4 Å². The van der Waals surface area contributed by atoms with Crippen LogP contribution in [0.25, 0.3) is 0 Å². The first-order valence-electron chi connectivity index (χ1n) is 4.23. The highest BCUT2D eigenvalue weighted by Crippen LogP contribution is 2.39. The van der Waals surface area contributed by atoms with Crippen LogP contribution in [0.1, 0.15) is 20.8 Å². The molecular formula is C9H12F4O2S. The fraction of sp³-hybridized carbons (Fsp3) is 0.667. The van der Waals surface area contributed by atoms with Crippen molar-refractivity contribution >= 4 is 17.7 Å². The first-order valence-corrected chi connectivity index (χ1v) is 5.05. The molecule has 7 heteroatoms. The van der Waals surface area contributed by atoms with Crippen molar-refractivity contribution in [2.24, 2.45) is 0 Å². The third-order valence-electron chi connectivity index (χ3n) is 1.27. The largest absolute Gasteiger partial charge is 0.465 e. The second-order valence-electron chi connectivity index (χ2n) is 3.85. The quantitative estimate of drug-likeness (QED) is 0.432. The van der Waals surface area contributed by atoms with Gasteiger partial charge in [-0.25, -0.2) is 4.79 Å². The zero-order chi connectivity index (χ0) is 13.1. The topological polar surface area (TPSA) is 26.3 Å². The monoisotopic (exact) mass is 260 g/mol. The Kier molecular flexibility index (Phi) is 4.85. The molecule has 0 rings (SSSR count). The minimum atomic E-state index is -5.06. The average Bonchev–Trinajstić information content (AvgIpc) is 1.97. The normalized spacial score (nSPS) is 14.5. The number of rotatable bonds is 2. The number of methoxy groups -OCH3 is 1. The van der Waals surface area contributed by atoms with Crippen molar-refractivity contribution < 1.29 is 27.1 Å². The molecule has 0 fully saturated rings. The molecule has 0 saturated heterocycles. The van der Waals surface area contributed by atoms with E-state index in [1.54, 1.807) is 0 Å². The Bertz CT molecular complexity index is 302. The lowest BCUT2D eigenvalue weighted by molar-refractivity contribution is -0.148. The standard InChI is InChI=1S/C9H12F4O2S/c1-8(2,3)16-6(10)5(7(14)15-4)9(11,12)13/h1-4H3/b6-5+. The Morgan fingerprint density at radius 3 is 1.88 bits per heavy atom. The van der Waals surface area contributed by atoms with Crippen LogP contribution in [0.15, 0.2) is 10.7 Å². The van der Waals surface area contributed by atoms with Crippen LogP contribution in [-0.4, -0.2) is 24.0 Å². The number of thioether (sulfide) groups is 1. The molecule has 0 atom stereocenters. The smallest absolute Gasteiger partial charge is 0.426 e. The number of carbonyl (C=O) groups excluding carboxylic acids is 1. The average molecular weight is 260 g/mol. The van der Waals surface area contributed by atoms with Gasteiger partial charge in [-0.05, 0) is 0 Å². The summed E-state index contributed by atoms with van der Waals surface area (Å²) in [6.07, 6.45) is -5.06. The van der Waals surface area contributed by atoms with Crippen LogP contribution in [0.5, 0.6) is 0 Å². The molecule has 0 amide bonds. The minimum Gasteiger partial charge on any atom is -0.465 e. The van der Waals surface area contributed by atoms with Gasteiger partial charge >= 0.3 is 12.1 Å². The second kappa shape index (κ2) is 5.07. The van der Waals surface area contributed by atoms with Crippen LogP contribution in [0, 0.1) is 0 Å². The maximum atomic E-state index is 13.3. The van der Waals surface area contributed by atoms with E-state index in [4.69, 9.17) is 0 Å². The number of hydrogen-bond donors (Lipinski definition) is 0. The van der Waals surface area contributed by atoms with Crippen molar-refractivity contribution in [2.45, 2.75) is 31.7 Å². The van der Waals surface area contributed by atoms with Gasteiger partial charge < -0.3 is 4.74 Å². The van der Waals surface area contributed by atoms with Crippen LogP contribution in [0.2, 0.25) is 0 Å². The summed E-state index contributed by atoms with van der Waals surface area (Å²) in [5, 5.41) is -1.58. The highest BCUT2D eigenvalue weighted by atomic mass is 32.2. The van der Waals surface area contributed by atoms with Gasteiger partial charge in [-0.3, -0.25) is 0 Å². The Hall–Kier alpha value is -0.720. The molecule has 0 aromatic rings. The Morgan fingerprint density at radius 1 is 1.19 bits per heavy atom. The van der Waals surface area contributed by atoms with Crippen molar-refractivity contribution in [3.05, 3.63) is 10.7 Å². The summed E-state index contributed by atoms with van der Waals surface area (Å²) in [7, 11) is 0.767. The molecule has 0 heterocycles. The van der Waals surface area contributed by atoms with Gasteiger partial charge in [0.2, 0.25) is 0 Å². The van der Waals surface area contributed by atoms with Gasteiger partial charge in [-0.1, -0.05) is 32.5 Å². The fourth-order valence-corrected chi connectivity index (χ4v) is 1.57. The third kappa shape index (κ3) is 4.87. The third-order valence-corrected chi connectivity index (χ3v) is 2.26. The Labute approximate surface area is 95.0 Å². The van der Waals surface area contributed by atoms with E-state index in [-0.39, 0.29) is 0 Å². The summed E-state index contributed by atoms with van der Waals surface area (Å²) in [6, 6.07) is 0. The van der Waals surface area contributed by atoms with E-state index >= 15 is 0 Å². The van der Waals surface area contributed by atoms with Gasteiger partial charge in [0.15, 0.2) is 10.7 Å². The van der Waals surface area contributed by atoms with Gasteiger partial charge in [0, 0.05) is 4.75 Å². The maximum Gasteiger partial charge on any atom is 0.426 e. The summed E-state index contributed by atoms with van der Waals surface area (Å²) in [4.78, 5) is 10.8. The Balaban J connectivity index is 5.32. The number of esters is 1. The SMILES string of the molecule is COC(=O)/C(=C(/F)SC(C)(C)C)C(F)(F)F. The molecule has 0 radical (unpaired) electrons. The minimum absolute atomic E-state index is 0.328. The lowest BCUT2D eigenvalue weighted by atomic mass is 10.3. The molecule has 0 aliphatic carbocycles. The maximum absolute atomic E-state index is 13.3. The molecule has 0 aromatic carbocycles.